The normalized spacial score (nSPS) is 19.9. The Kier molecular flexibility index (Phi) is 10.9. The van der Waals surface area contributed by atoms with Crippen molar-refractivity contribution < 1.29 is 36.3 Å². The first-order chi connectivity index (χ1) is 23.2. The molecule has 258 valence electrons. The monoisotopic (exact) mass is 734 g/mol. The van der Waals surface area contributed by atoms with Gasteiger partial charge in [-0.25, -0.2) is 22.0 Å². The van der Waals surface area contributed by atoms with Crippen molar-refractivity contribution in [1.29, 1.82) is 5.26 Å². The van der Waals surface area contributed by atoms with Crippen LogP contribution in [0.15, 0.2) is 65.8 Å². The number of sulfonamides is 1. The minimum Gasteiger partial charge on any atom is -0.467 e. The highest BCUT2D eigenvalue weighted by molar-refractivity contribution is 7.89. The van der Waals surface area contributed by atoms with Gasteiger partial charge in [0.05, 0.1) is 45.8 Å². The lowest BCUT2D eigenvalue weighted by molar-refractivity contribution is -0.145. The number of anilines is 1. The van der Waals surface area contributed by atoms with E-state index in [0.29, 0.717) is 11.3 Å². The third kappa shape index (κ3) is 8.17. The van der Waals surface area contributed by atoms with Crippen molar-refractivity contribution in [2.45, 2.75) is 48.2 Å². The zero-order chi connectivity index (χ0) is 35.5. The summed E-state index contributed by atoms with van der Waals surface area (Å²) in [6.45, 7) is -0.805. The molecule has 2 amide bonds. The molecule has 0 aliphatic carbocycles. The summed E-state index contributed by atoms with van der Waals surface area (Å²) in [4.78, 5) is 44.4. The van der Waals surface area contributed by atoms with E-state index in [1.54, 1.807) is 24.3 Å². The van der Waals surface area contributed by atoms with Crippen LogP contribution < -0.4 is 10.6 Å². The van der Waals surface area contributed by atoms with Crippen LogP contribution in [0, 0.1) is 11.3 Å². The molecule has 2 N–H and O–H groups in total. The first kappa shape index (κ1) is 36.1. The molecule has 17 heteroatoms. The zero-order valence-corrected chi connectivity index (χ0v) is 28.2. The van der Waals surface area contributed by atoms with Gasteiger partial charge in [-0.2, -0.15) is 9.57 Å². The second-order valence-corrected chi connectivity index (χ2v) is 14.3. The van der Waals surface area contributed by atoms with Crippen molar-refractivity contribution in [3.05, 3.63) is 87.7 Å². The number of hydrogen-bond donors (Lipinski definition) is 2. The summed E-state index contributed by atoms with van der Waals surface area (Å²) in [5.74, 6) is -5.15. The third-order valence-electron chi connectivity index (χ3n) is 8.36. The highest BCUT2D eigenvalue weighted by atomic mass is 35.5. The summed E-state index contributed by atoms with van der Waals surface area (Å²) >= 11 is 12.1. The number of methoxy groups -OCH3 is 1. The lowest BCUT2D eigenvalue weighted by atomic mass is 10.0. The quantitative estimate of drug-likeness (QED) is 0.295. The number of rotatable bonds is 10. The summed E-state index contributed by atoms with van der Waals surface area (Å²) in [6.07, 6.45) is 2.00. The van der Waals surface area contributed by atoms with Crippen molar-refractivity contribution in [3.8, 4) is 6.07 Å². The molecule has 3 atom stereocenters. The van der Waals surface area contributed by atoms with Gasteiger partial charge in [0.25, 0.3) is 11.8 Å². The number of carbonyl (C=O) groups excluding carboxylic acids is 3. The van der Waals surface area contributed by atoms with Crippen LogP contribution in [-0.4, -0.2) is 91.2 Å². The van der Waals surface area contributed by atoms with Gasteiger partial charge in [0.1, 0.15) is 12.1 Å². The molecule has 0 spiro atoms. The first-order valence-electron chi connectivity index (χ1n) is 14.9. The maximum atomic E-state index is 14.1. The predicted molar refractivity (Wildman–Crippen MR) is 175 cm³/mol. The molecule has 3 heterocycles. The van der Waals surface area contributed by atoms with Gasteiger partial charge < -0.3 is 15.4 Å². The number of benzene rings is 2. The Hall–Kier alpha value is -4.20. The van der Waals surface area contributed by atoms with Gasteiger partial charge >= 0.3 is 5.97 Å². The Bertz CT molecular complexity index is 1890. The van der Waals surface area contributed by atoms with Crippen LogP contribution in [-0.2, 0) is 30.8 Å². The molecule has 0 saturated carbocycles. The number of amides is 2. The Morgan fingerprint density at radius 3 is 2.45 bits per heavy atom. The molecular formula is C32H30Cl2F2N6O6S. The molecule has 2 fully saturated rings. The SMILES string of the molecule is COC(=O)C(Cc1ccc(NC(=O)c2c(Cl)cncc2Cl)cc1)NC(=O)C1C[C@@H](N2CCC(F)(F)C2)CN1S(=O)(=O)c1cccc(C#N)c1. The van der Waals surface area contributed by atoms with Gasteiger partial charge in [-0.1, -0.05) is 41.4 Å². The van der Waals surface area contributed by atoms with Gasteiger partial charge in [0.2, 0.25) is 15.9 Å². The number of nitriles is 1. The molecule has 49 heavy (non-hydrogen) atoms. The molecule has 0 bridgehead atoms. The van der Waals surface area contributed by atoms with E-state index in [-0.39, 0.29) is 52.0 Å². The van der Waals surface area contributed by atoms with Gasteiger partial charge in [-0.05, 0) is 42.3 Å². The van der Waals surface area contributed by atoms with Crippen molar-refractivity contribution in [2.75, 3.05) is 32.1 Å². The van der Waals surface area contributed by atoms with Crippen molar-refractivity contribution in [2.24, 2.45) is 0 Å². The Balaban J connectivity index is 1.34. The van der Waals surface area contributed by atoms with E-state index in [0.717, 1.165) is 11.4 Å². The largest absolute Gasteiger partial charge is 0.467 e. The van der Waals surface area contributed by atoms with Gasteiger partial charge in [0.15, 0.2) is 0 Å². The molecule has 2 aromatic carbocycles. The lowest BCUT2D eigenvalue weighted by Crippen LogP contribution is -2.51. The van der Waals surface area contributed by atoms with Crippen LogP contribution in [0.1, 0.15) is 34.3 Å². The van der Waals surface area contributed by atoms with E-state index in [1.165, 1.54) is 41.6 Å². The molecule has 0 radical (unpaired) electrons. The number of likely N-dealkylation sites (tertiary alicyclic amines) is 1. The average molecular weight is 736 g/mol. The highest BCUT2D eigenvalue weighted by Gasteiger charge is 2.50. The van der Waals surface area contributed by atoms with Gasteiger partial charge in [-0.15, -0.1) is 0 Å². The number of nitrogens with one attached hydrogen (secondary N) is 2. The van der Waals surface area contributed by atoms with Crippen molar-refractivity contribution in [1.82, 2.24) is 19.5 Å². The number of aromatic nitrogens is 1. The molecule has 2 aliphatic heterocycles. The molecule has 2 aliphatic rings. The van der Waals surface area contributed by atoms with Crippen LogP contribution in [0.5, 0.6) is 0 Å². The fourth-order valence-corrected chi connectivity index (χ4v) is 8.09. The molecule has 2 unspecified atom stereocenters. The average Bonchev–Trinajstić information content (AvgIpc) is 3.69. The number of hydrogen-bond acceptors (Lipinski definition) is 9. The fourth-order valence-electron chi connectivity index (χ4n) is 5.87. The second kappa shape index (κ2) is 14.7. The van der Waals surface area contributed by atoms with Crippen LogP contribution in [0.2, 0.25) is 10.0 Å². The molecule has 3 aromatic rings. The summed E-state index contributed by atoms with van der Waals surface area (Å²) in [6, 6.07) is 10.2. The van der Waals surface area contributed by atoms with Gasteiger partial charge in [-0.3, -0.25) is 19.5 Å². The van der Waals surface area contributed by atoms with E-state index in [2.05, 4.69) is 15.6 Å². The Morgan fingerprint density at radius 1 is 1.14 bits per heavy atom. The number of pyridine rings is 1. The molecule has 1 aromatic heterocycles. The van der Waals surface area contributed by atoms with Crippen molar-refractivity contribution >= 4 is 56.7 Å². The maximum absolute atomic E-state index is 14.1. The predicted octanol–water partition coefficient (Wildman–Crippen LogP) is 3.89. The molecular weight excluding hydrogens is 705 g/mol. The number of carbonyl (C=O) groups is 3. The molecule has 5 rings (SSSR count). The van der Waals surface area contributed by atoms with E-state index in [9.17, 15) is 36.8 Å². The summed E-state index contributed by atoms with van der Waals surface area (Å²) in [5, 5.41) is 14.7. The standard InChI is InChI=1S/C32H30Cl2F2N6O6S/c1-48-31(45)26(12-19-5-7-21(8-6-19)39-30(44)28-24(33)15-38-16-25(28)34)40-29(43)27-13-22(41-10-9-32(35,36)18-41)17-42(27)49(46,47)23-4-2-3-20(11-23)14-37/h2-8,11,15-16,22,26-27H,9-10,12-13,17-18H2,1H3,(H,39,44)(H,40,43)/t22-,26?,27?/m1/s1. The first-order valence-corrected chi connectivity index (χ1v) is 17.1. The Labute approximate surface area is 291 Å². The minimum atomic E-state index is -4.38. The minimum absolute atomic E-state index is 0.0215. The molecule has 12 nitrogen and oxygen atoms in total. The highest BCUT2D eigenvalue weighted by Crippen LogP contribution is 2.35. The number of halogens is 4. The van der Waals surface area contributed by atoms with E-state index in [1.807, 2.05) is 6.07 Å². The molecule has 2 saturated heterocycles. The maximum Gasteiger partial charge on any atom is 0.328 e. The van der Waals surface area contributed by atoms with Crippen LogP contribution >= 0.6 is 23.2 Å². The lowest BCUT2D eigenvalue weighted by Gasteiger charge is -2.25. The summed E-state index contributed by atoms with van der Waals surface area (Å²) < 4.78 is 61.8. The number of esters is 1. The summed E-state index contributed by atoms with van der Waals surface area (Å²) in [5.41, 5.74) is 1.05. The van der Waals surface area contributed by atoms with Crippen LogP contribution in [0.3, 0.4) is 0 Å². The van der Waals surface area contributed by atoms with Gasteiger partial charge in [0, 0.05) is 50.1 Å². The van der Waals surface area contributed by atoms with Crippen LogP contribution in [0.25, 0.3) is 0 Å². The van der Waals surface area contributed by atoms with Crippen LogP contribution in [0.4, 0.5) is 14.5 Å². The fraction of sp³-hybridized carbons (Fsp3) is 0.344. The smallest absolute Gasteiger partial charge is 0.328 e. The number of alkyl halides is 2. The summed E-state index contributed by atoms with van der Waals surface area (Å²) in [7, 11) is -3.25. The number of ether oxygens (including phenoxy) is 1. The second-order valence-electron chi connectivity index (χ2n) is 11.6. The topological polar surface area (TPSA) is 162 Å². The van der Waals surface area contributed by atoms with Crippen molar-refractivity contribution in [3.63, 3.8) is 0 Å². The zero-order valence-electron chi connectivity index (χ0n) is 25.9. The van der Waals surface area contributed by atoms with E-state index in [4.69, 9.17) is 27.9 Å². The number of nitrogens with zero attached hydrogens (tertiary/aromatic N) is 4. The van der Waals surface area contributed by atoms with E-state index >= 15 is 0 Å². The van der Waals surface area contributed by atoms with E-state index < -0.39 is 64.8 Å². The third-order valence-corrected chi connectivity index (χ3v) is 10.8. The Morgan fingerprint density at radius 2 is 1.84 bits per heavy atom.